The third-order valence-electron chi connectivity index (χ3n) is 2.87. The van der Waals surface area contributed by atoms with E-state index in [0.29, 0.717) is 0 Å². The smallest absolute Gasteiger partial charge is 0.307 e. The second-order valence-corrected chi connectivity index (χ2v) is 4.40. The van der Waals surface area contributed by atoms with Crippen molar-refractivity contribution >= 4 is 5.69 Å². The van der Waals surface area contributed by atoms with E-state index in [1.54, 1.807) is 6.92 Å². The molecule has 0 amide bonds. The largest absolute Gasteiger partial charge is 0.406 e. The Morgan fingerprint density at radius 3 is 2.64 bits per heavy atom. The van der Waals surface area contributed by atoms with E-state index >= 15 is 0 Å². The maximum atomic E-state index is 13.4. The lowest BCUT2D eigenvalue weighted by atomic mass is 10.2. The summed E-state index contributed by atoms with van der Waals surface area (Å²) >= 11 is 0. The fourth-order valence-corrected chi connectivity index (χ4v) is 1.97. The van der Waals surface area contributed by atoms with Gasteiger partial charge in [0.2, 0.25) is 0 Å². The summed E-state index contributed by atoms with van der Waals surface area (Å²) in [5.74, 6) is -1.43. The standard InChI is InChI=1S/C10H10F4N6O2/c1-2-6(19-3-7(20(21)22)8(11)17-19)9-16-15-5-18(9)4-10(12,13)14/h3,5-6H,2,4H2,1H3/t6-/m1/s1. The monoisotopic (exact) mass is 322 g/mol. The van der Waals surface area contributed by atoms with Gasteiger partial charge in [0.05, 0.1) is 4.92 Å². The Bertz CT molecular complexity index is 679. The molecule has 0 aliphatic rings. The molecule has 0 saturated carbocycles. The molecule has 0 aliphatic heterocycles. The highest BCUT2D eigenvalue weighted by Crippen LogP contribution is 2.26. The molecule has 12 heteroatoms. The molecule has 2 aromatic heterocycles. The second kappa shape index (κ2) is 5.69. The van der Waals surface area contributed by atoms with Gasteiger partial charge >= 0.3 is 17.8 Å². The van der Waals surface area contributed by atoms with Crippen LogP contribution in [-0.2, 0) is 6.54 Å². The van der Waals surface area contributed by atoms with Crippen molar-refractivity contribution in [3.63, 3.8) is 0 Å². The normalized spacial score (nSPS) is 13.3. The lowest BCUT2D eigenvalue weighted by molar-refractivity contribution is -0.387. The lowest BCUT2D eigenvalue weighted by Gasteiger charge is -2.16. The van der Waals surface area contributed by atoms with Gasteiger partial charge in [-0.25, -0.2) is 0 Å². The average Bonchev–Trinajstić information content (AvgIpc) is 2.96. The van der Waals surface area contributed by atoms with E-state index in [4.69, 9.17) is 0 Å². The molecule has 0 saturated heterocycles. The first kappa shape index (κ1) is 15.9. The van der Waals surface area contributed by atoms with Crippen LogP contribution in [0.3, 0.4) is 0 Å². The van der Waals surface area contributed by atoms with Crippen LogP contribution in [0.4, 0.5) is 23.2 Å². The van der Waals surface area contributed by atoms with Gasteiger partial charge < -0.3 is 4.57 Å². The number of nitrogens with zero attached hydrogens (tertiary/aromatic N) is 6. The number of aromatic nitrogens is 5. The van der Waals surface area contributed by atoms with Crippen molar-refractivity contribution < 1.29 is 22.5 Å². The van der Waals surface area contributed by atoms with Crippen LogP contribution < -0.4 is 0 Å². The molecule has 8 nitrogen and oxygen atoms in total. The van der Waals surface area contributed by atoms with Gasteiger partial charge in [0.15, 0.2) is 5.82 Å². The van der Waals surface area contributed by atoms with Crippen LogP contribution in [-0.4, -0.2) is 35.6 Å². The first-order valence-corrected chi connectivity index (χ1v) is 6.06. The number of hydrogen-bond acceptors (Lipinski definition) is 5. The summed E-state index contributed by atoms with van der Waals surface area (Å²) in [6, 6.07) is -0.909. The van der Waals surface area contributed by atoms with Gasteiger partial charge in [-0.1, -0.05) is 6.92 Å². The van der Waals surface area contributed by atoms with Crippen molar-refractivity contribution in [1.29, 1.82) is 0 Å². The topological polar surface area (TPSA) is 91.7 Å². The Balaban J connectivity index is 2.39. The predicted octanol–water partition coefficient (Wildman–Crippen LogP) is 2.08. The molecule has 2 aromatic rings. The van der Waals surface area contributed by atoms with Crippen molar-refractivity contribution in [2.24, 2.45) is 0 Å². The summed E-state index contributed by atoms with van der Waals surface area (Å²) in [5.41, 5.74) is -0.861. The summed E-state index contributed by atoms with van der Waals surface area (Å²) in [6.07, 6.45) is -2.60. The molecular weight excluding hydrogens is 312 g/mol. The van der Waals surface area contributed by atoms with E-state index in [0.717, 1.165) is 21.8 Å². The van der Waals surface area contributed by atoms with Gasteiger partial charge in [-0.2, -0.15) is 17.6 Å². The summed E-state index contributed by atoms with van der Waals surface area (Å²) in [7, 11) is 0. The minimum atomic E-state index is -4.49. The molecule has 0 aromatic carbocycles. The van der Waals surface area contributed by atoms with Crippen LogP contribution in [0.1, 0.15) is 25.2 Å². The van der Waals surface area contributed by atoms with Crippen molar-refractivity contribution in [3.05, 3.63) is 34.4 Å². The Morgan fingerprint density at radius 1 is 1.45 bits per heavy atom. The molecule has 0 spiro atoms. The van der Waals surface area contributed by atoms with Crippen LogP contribution in [0, 0.1) is 16.1 Å². The highest BCUT2D eigenvalue weighted by Gasteiger charge is 2.32. The van der Waals surface area contributed by atoms with Crippen LogP contribution in [0.15, 0.2) is 12.5 Å². The zero-order valence-corrected chi connectivity index (χ0v) is 11.2. The van der Waals surface area contributed by atoms with Gasteiger partial charge in [-0.05, 0) is 6.42 Å². The molecular formula is C10H10F4N6O2. The van der Waals surface area contributed by atoms with Crippen LogP contribution in [0.25, 0.3) is 0 Å². The number of hydrogen-bond donors (Lipinski definition) is 0. The third kappa shape index (κ3) is 3.20. The van der Waals surface area contributed by atoms with E-state index in [-0.39, 0.29) is 12.2 Å². The van der Waals surface area contributed by atoms with Crippen LogP contribution >= 0.6 is 0 Å². The summed E-state index contributed by atoms with van der Waals surface area (Å²) < 4.78 is 52.5. The summed E-state index contributed by atoms with van der Waals surface area (Å²) in [5, 5.41) is 21.0. The average molecular weight is 322 g/mol. The van der Waals surface area contributed by atoms with Crippen molar-refractivity contribution in [2.75, 3.05) is 0 Å². The zero-order valence-electron chi connectivity index (χ0n) is 11.2. The molecule has 0 fully saturated rings. The highest BCUT2D eigenvalue weighted by atomic mass is 19.4. The quantitative estimate of drug-likeness (QED) is 0.477. The van der Waals surface area contributed by atoms with E-state index in [9.17, 15) is 27.7 Å². The van der Waals surface area contributed by atoms with Gasteiger partial charge in [-0.3, -0.25) is 14.8 Å². The Kier molecular flexibility index (Phi) is 4.10. The Hall–Kier alpha value is -2.53. The molecule has 2 rings (SSSR count). The van der Waals surface area contributed by atoms with Gasteiger partial charge in [0.25, 0.3) is 0 Å². The maximum absolute atomic E-state index is 13.4. The van der Waals surface area contributed by atoms with E-state index in [2.05, 4.69) is 15.3 Å². The molecule has 120 valence electrons. The number of halogens is 4. The van der Waals surface area contributed by atoms with Crippen LogP contribution in [0.2, 0.25) is 0 Å². The van der Waals surface area contributed by atoms with Gasteiger partial charge in [-0.15, -0.1) is 15.3 Å². The highest BCUT2D eigenvalue weighted by molar-refractivity contribution is 5.24. The molecule has 0 N–H and O–H groups in total. The number of rotatable bonds is 5. The lowest BCUT2D eigenvalue weighted by Crippen LogP contribution is -2.22. The van der Waals surface area contributed by atoms with E-state index in [1.165, 1.54) is 0 Å². The Morgan fingerprint density at radius 2 is 2.14 bits per heavy atom. The fourth-order valence-electron chi connectivity index (χ4n) is 1.97. The predicted molar refractivity (Wildman–Crippen MR) is 63.3 cm³/mol. The summed E-state index contributed by atoms with van der Waals surface area (Å²) in [6.45, 7) is 0.278. The number of nitro groups is 1. The minimum absolute atomic E-state index is 0.114. The maximum Gasteiger partial charge on any atom is 0.406 e. The molecule has 0 unspecified atom stereocenters. The summed E-state index contributed by atoms with van der Waals surface area (Å²) in [4.78, 5) is 9.65. The first-order valence-electron chi connectivity index (χ1n) is 6.06. The second-order valence-electron chi connectivity index (χ2n) is 4.40. The molecule has 2 heterocycles. The first-order chi connectivity index (χ1) is 10.2. The molecule has 22 heavy (non-hydrogen) atoms. The van der Waals surface area contributed by atoms with E-state index < -0.39 is 35.3 Å². The molecule has 0 bridgehead atoms. The van der Waals surface area contributed by atoms with Crippen molar-refractivity contribution in [1.82, 2.24) is 24.5 Å². The van der Waals surface area contributed by atoms with Gasteiger partial charge in [0.1, 0.15) is 25.1 Å². The third-order valence-corrected chi connectivity index (χ3v) is 2.87. The molecule has 1 atom stereocenters. The molecule has 0 aliphatic carbocycles. The zero-order chi connectivity index (χ0) is 16.5. The van der Waals surface area contributed by atoms with Crippen molar-refractivity contribution in [2.45, 2.75) is 32.1 Å². The Labute approximate surface area is 120 Å². The fraction of sp³-hybridized carbons (Fsp3) is 0.500. The van der Waals surface area contributed by atoms with E-state index in [1.807, 2.05) is 0 Å². The molecule has 0 radical (unpaired) electrons. The number of alkyl halides is 3. The minimum Gasteiger partial charge on any atom is -0.307 e. The van der Waals surface area contributed by atoms with Crippen molar-refractivity contribution in [3.8, 4) is 0 Å². The van der Waals surface area contributed by atoms with Gasteiger partial charge in [0, 0.05) is 0 Å². The SMILES string of the molecule is CC[C@H](c1nncn1CC(F)(F)F)n1cc([N+](=O)[O-])c(F)n1. The van der Waals surface area contributed by atoms with Crippen LogP contribution in [0.5, 0.6) is 0 Å².